The van der Waals surface area contributed by atoms with E-state index in [1.165, 1.54) is 14.2 Å². The third kappa shape index (κ3) is 21.1. The molecule has 26 nitrogen and oxygen atoms in total. The number of carbonyl (C=O) groups is 7. The van der Waals surface area contributed by atoms with Crippen LogP contribution in [0.4, 0.5) is 22.7 Å². The second-order valence-electron chi connectivity index (χ2n) is 18.7. The molecule has 10 N–H and O–H groups in total. The smallest absolute Gasteiger partial charge is 0.327 e. The van der Waals surface area contributed by atoms with Crippen LogP contribution in [0.5, 0.6) is 11.5 Å². The number of hydroxylamine groups is 1. The molecule has 0 spiro atoms. The molecule has 2 aromatic heterocycles. The summed E-state index contributed by atoms with van der Waals surface area (Å²) in [6.45, 7) is 13.2. The molecule has 0 saturated carbocycles. The van der Waals surface area contributed by atoms with Gasteiger partial charge in [0.25, 0.3) is 17.7 Å². The lowest BCUT2D eigenvalue weighted by Gasteiger charge is -2.26. The summed E-state index contributed by atoms with van der Waals surface area (Å²) in [5.74, 6) is -2.20. The lowest BCUT2D eigenvalue weighted by Crippen LogP contribution is -2.45. The van der Waals surface area contributed by atoms with Gasteiger partial charge in [-0.1, -0.05) is 0 Å². The third-order valence-electron chi connectivity index (χ3n) is 12.9. The van der Waals surface area contributed by atoms with E-state index in [-0.39, 0.29) is 24.3 Å². The average molecular weight is 1150 g/mol. The number of nitrogens with zero attached hydrogens (tertiary/aromatic N) is 4. The summed E-state index contributed by atoms with van der Waals surface area (Å²) in [6, 6.07) is 15.4. The Labute approximate surface area is 475 Å². The van der Waals surface area contributed by atoms with E-state index in [2.05, 4.69) is 63.6 Å². The van der Waals surface area contributed by atoms with E-state index in [4.69, 9.17) is 23.8 Å². The number of amides is 7. The van der Waals surface area contributed by atoms with Gasteiger partial charge in [-0.15, -0.1) is 0 Å². The van der Waals surface area contributed by atoms with Crippen LogP contribution in [0.2, 0.25) is 0 Å². The van der Waals surface area contributed by atoms with Gasteiger partial charge in [0.15, 0.2) is 24.8 Å². The van der Waals surface area contributed by atoms with Gasteiger partial charge in [-0.25, -0.2) is 5.48 Å². The van der Waals surface area contributed by atoms with Crippen molar-refractivity contribution in [3.63, 3.8) is 0 Å². The fourth-order valence-corrected chi connectivity index (χ4v) is 8.87. The molecule has 2 fully saturated rings. The number of aromatic nitrogens is 2. The minimum atomic E-state index is -0.867. The predicted octanol–water partition coefficient (Wildman–Crippen LogP) is 0.426. The van der Waals surface area contributed by atoms with Gasteiger partial charge in [-0.05, 0) is 62.3 Å². The number of methoxy groups -OCH3 is 2. The summed E-state index contributed by atoms with van der Waals surface area (Å²) in [4.78, 5) is 99.4. The maximum absolute atomic E-state index is 13.3. The lowest BCUT2D eigenvalue weighted by molar-refractivity contribution is -0.706. The molecule has 7 amide bonds. The van der Waals surface area contributed by atoms with Gasteiger partial charge in [0.1, 0.15) is 17.1 Å². The molecule has 4 aromatic rings. The molecule has 81 heavy (non-hydrogen) atoms. The van der Waals surface area contributed by atoms with Gasteiger partial charge in [0, 0.05) is 119 Å². The molecular weight excluding hydrogens is 1070 g/mol. The van der Waals surface area contributed by atoms with Crippen LogP contribution in [0.1, 0.15) is 54.7 Å². The quantitative estimate of drug-likeness (QED) is 0.0147. The molecule has 438 valence electrons. The SMILES string of the molecule is COc1cc(NC(=O)C(C)[n+]2cccc(CONCCSCCNC(=O)c3ccc[n+](C(C)C(=O)Nc4ccc(NNC(=O)C(=O)NCCCN5CCOCC5)c(OC)c4)c3)c2)ccc1NNC(=O)C(=O)NCCCN1CCOCC1. The number of nitrogens with one attached hydrogen (secondary N) is 10. The maximum Gasteiger partial charge on any atom is 0.327 e. The number of hydrazine groups is 2. The first-order valence-electron chi connectivity index (χ1n) is 26.8. The summed E-state index contributed by atoms with van der Waals surface area (Å²) >= 11 is 1.63. The molecule has 2 unspecified atom stereocenters. The largest absolute Gasteiger partial charge is 0.494 e. The minimum absolute atomic E-state index is 0.244. The zero-order valence-electron chi connectivity index (χ0n) is 46.3. The third-order valence-corrected chi connectivity index (χ3v) is 13.9. The van der Waals surface area contributed by atoms with E-state index in [1.807, 2.05) is 18.3 Å². The normalized spacial score (nSPS) is 14.3. The molecule has 2 aliphatic heterocycles. The Kier molecular flexibility index (Phi) is 26.1. The second kappa shape index (κ2) is 33.8. The highest BCUT2D eigenvalue weighted by molar-refractivity contribution is 7.99. The minimum Gasteiger partial charge on any atom is -0.494 e. The van der Waals surface area contributed by atoms with Gasteiger partial charge < -0.3 is 45.5 Å². The van der Waals surface area contributed by atoms with E-state index in [0.29, 0.717) is 117 Å². The summed E-state index contributed by atoms with van der Waals surface area (Å²) in [6.07, 6.45) is 8.33. The summed E-state index contributed by atoms with van der Waals surface area (Å²) in [5, 5.41) is 13.9. The van der Waals surface area contributed by atoms with Gasteiger partial charge in [-0.3, -0.25) is 69.9 Å². The molecule has 27 heteroatoms. The molecule has 2 atom stereocenters. The highest BCUT2D eigenvalue weighted by atomic mass is 32.2. The van der Waals surface area contributed by atoms with Crippen molar-refractivity contribution in [3.8, 4) is 11.5 Å². The number of benzene rings is 2. The van der Waals surface area contributed by atoms with Gasteiger partial charge in [0.05, 0.1) is 58.6 Å². The van der Waals surface area contributed by atoms with Gasteiger partial charge >= 0.3 is 23.6 Å². The first-order valence-corrected chi connectivity index (χ1v) is 27.9. The first kappa shape index (κ1) is 62.5. The molecule has 2 aliphatic rings. The molecule has 4 heterocycles. The summed E-state index contributed by atoms with van der Waals surface area (Å²) in [7, 11) is 2.88. The van der Waals surface area contributed by atoms with Crippen LogP contribution in [0.3, 0.4) is 0 Å². The highest BCUT2D eigenvalue weighted by Gasteiger charge is 2.26. The molecule has 0 bridgehead atoms. The Balaban J connectivity index is 0.825. The fourth-order valence-electron chi connectivity index (χ4n) is 8.19. The zero-order chi connectivity index (χ0) is 57.8. The molecule has 6 rings (SSSR count). The number of carbonyl (C=O) groups excluding carboxylic acids is 7. The fraction of sp³-hybridized carbons (Fsp3) is 0.463. The summed E-state index contributed by atoms with van der Waals surface area (Å²) < 4.78 is 25.0. The van der Waals surface area contributed by atoms with Crippen molar-refractivity contribution in [1.82, 2.24) is 42.1 Å². The van der Waals surface area contributed by atoms with Crippen molar-refractivity contribution in [2.45, 2.75) is 45.4 Å². The van der Waals surface area contributed by atoms with Crippen LogP contribution in [-0.4, -0.2) is 169 Å². The van der Waals surface area contributed by atoms with Crippen molar-refractivity contribution in [2.75, 3.05) is 139 Å². The first-order chi connectivity index (χ1) is 39.3. The van der Waals surface area contributed by atoms with Crippen molar-refractivity contribution in [3.05, 3.63) is 96.6 Å². The molecule has 0 aliphatic carbocycles. The van der Waals surface area contributed by atoms with Crippen LogP contribution < -0.4 is 72.4 Å². The second-order valence-corrected chi connectivity index (χ2v) is 19.9. The number of ether oxygens (including phenoxy) is 4. The van der Waals surface area contributed by atoms with Crippen molar-refractivity contribution < 1.29 is 66.5 Å². The van der Waals surface area contributed by atoms with Crippen LogP contribution >= 0.6 is 11.8 Å². The zero-order valence-corrected chi connectivity index (χ0v) is 47.1. The van der Waals surface area contributed by atoms with Crippen LogP contribution in [0.15, 0.2) is 85.5 Å². The van der Waals surface area contributed by atoms with E-state index >= 15 is 0 Å². The Hall–Kier alpha value is -7.66. The van der Waals surface area contributed by atoms with E-state index in [1.54, 1.807) is 102 Å². The Morgan fingerprint density at radius 1 is 0.605 bits per heavy atom. The Bertz CT molecular complexity index is 2730. The molecular formula is C54H76N14O12S+2. The molecule has 0 radical (unpaired) electrons. The van der Waals surface area contributed by atoms with E-state index < -0.39 is 35.7 Å². The van der Waals surface area contributed by atoms with Crippen molar-refractivity contribution in [1.29, 1.82) is 0 Å². The maximum atomic E-state index is 13.3. The Morgan fingerprint density at radius 2 is 1.10 bits per heavy atom. The topological polar surface area (TPSA) is 300 Å². The van der Waals surface area contributed by atoms with Crippen molar-refractivity contribution in [2.24, 2.45) is 0 Å². The van der Waals surface area contributed by atoms with Gasteiger partial charge in [0.2, 0.25) is 12.1 Å². The summed E-state index contributed by atoms with van der Waals surface area (Å²) in [5.41, 5.74) is 16.0. The number of hydrogen-bond donors (Lipinski definition) is 10. The van der Waals surface area contributed by atoms with E-state index in [9.17, 15) is 33.6 Å². The lowest BCUT2D eigenvalue weighted by atomic mass is 10.2. The number of hydrogen-bond acceptors (Lipinski definition) is 18. The Morgan fingerprint density at radius 3 is 1.62 bits per heavy atom. The average Bonchev–Trinajstić information content (AvgIpc) is 3.49. The molecule has 2 saturated heterocycles. The van der Waals surface area contributed by atoms with Crippen LogP contribution in [0, 0.1) is 0 Å². The number of rotatable bonds is 30. The van der Waals surface area contributed by atoms with Crippen molar-refractivity contribution >= 4 is 75.9 Å². The van der Waals surface area contributed by atoms with Crippen LogP contribution in [-0.2, 0) is 49.7 Å². The highest BCUT2D eigenvalue weighted by Crippen LogP contribution is 2.29. The number of anilines is 4. The molecule has 2 aromatic carbocycles. The number of morpholine rings is 2. The number of thioether (sulfide) groups is 1. The predicted molar refractivity (Wildman–Crippen MR) is 302 cm³/mol. The monoisotopic (exact) mass is 1140 g/mol. The van der Waals surface area contributed by atoms with E-state index in [0.717, 1.165) is 44.8 Å². The standard InChI is InChI=1S/C54H74N14O12S/c1-38(48(69)59-42-11-13-44(46(33-42)76-3)61-63-53(74)51(72)55-15-7-19-65-23-27-78-28-24-65)67-21-5-9-40(35-67)37-80-58-18-32-81-31-17-57-50(71)41-10-6-22-68(36-41)39(2)49(70)60-43-12-14-45(47(34-43)77-4)62-64-54(75)52(73)56-16-8-20-66-25-29-79-30-26-66/h5-6,9-14,21-22,33-36,38-39,58H,7-8,15-20,23-32,37H2,1-4H3,(H7-2,55,56,57,59,60,61,62,63,64,69,70,71,72,73,74,75)/p+2. The number of pyridine rings is 2. The van der Waals surface area contributed by atoms with Gasteiger partial charge in [-0.2, -0.15) is 20.9 Å². The van der Waals surface area contributed by atoms with Crippen LogP contribution in [0.25, 0.3) is 0 Å².